The van der Waals surface area contributed by atoms with Crippen molar-refractivity contribution in [3.63, 3.8) is 0 Å². The minimum Gasteiger partial charge on any atom is -0.349 e. The second-order valence-corrected chi connectivity index (χ2v) is 9.32. The van der Waals surface area contributed by atoms with Crippen LogP contribution in [0, 0.1) is 5.92 Å². The fourth-order valence-corrected chi connectivity index (χ4v) is 4.84. The summed E-state index contributed by atoms with van der Waals surface area (Å²) in [6.45, 7) is 5.47. The highest BCUT2D eigenvalue weighted by Crippen LogP contribution is 2.39. The summed E-state index contributed by atoms with van der Waals surface area (Å²) in [5, 5.41) is 15.2. The van der Waals surface area contributed by atoms with E-state index < -0.39 is 24.0 Å². The summed E-state index contributed by atoms with van der Waals surface area (Å²) in [7, 11) is 0. The Balaban J connectivity index is 1.56. The number of carbonyl (C=O) groups excluding carboxylic acids is 4. The number of H-pyrrole nitrogens is 1. The summed E-state index contributed by atoms with van der Waals surface area (Å²) in [5.41, 5.74) is 3.46. The topological polar surface area (TPSA) is 136 Å². The number of hydrogen-bond acceptors (Lipinski definition) is 5. The lowest BCUT2D eigenvalue weighted by Gasteiger charge is -2.29. The number of nitrogens with one attached hydrogen (secondary N) is 4. The Morgan fingerprint density at radius 1 is 1.23 bits per heavy atom. The molecule has 35 heavy (non-hydrogen) atoms. The van der Waals surface area contributed by atoms with Crippen LogP contribution in [0.5, 0.6) is 0 Å². The van der Waals surface area contributed by atoms with Gasteiger partial charge in [0.1, 0.15) is 18.1 Å². The number of aryl methyl sites for hydroxylation is 1. The van der Waals surface area contributed by atoms with E-state index in [0.717, 1.165) is 22.5 Å². The van der Waals surface area contributed by atoms with Gasteiger partial charge in [-0.3, -0.25) is 29.2 Å². The molecular weight excluding hydrogens is 448 g/mol. The van der Waals surface area contributed by atoms with E-state index in [4.69, 9.17) is 0 Å². The average Bonchev–Trinajstić information content (AvgIpc) is 3.47. The minimum absolute atomic E-state index is 0.101. The monoisotopic (exact) mass is 480 g/mol. The fraction of sp³-hybridized carbons (Fsp3) is 0.480. The Morgan fingerprint density at radius 3 is 2.69 bits per heavy atom. The van der Waals surface area contributed by atoms with Gasteiger partial charge in [0.25, 0.3) is 0 Å². The third kappa shape index (κ3) is 5.06. The first-order valence-electron chi connectivity index (χ1n) is 12.1. The zero-order chi connectivity index (χ0) is 25.1. The van der Waals surface area contributed by atoms with Crippen molar-refractivity contribution < 1.29 is 19.2 Å². The molecule has 0 spiro atoms. The molecule has 2 aromatic rings. The number of aromatic amines is 1. The van der Waals surface area contributed by atoms with Gasteiger partial charge in [0, 0.05) is 19.5 Å². The van der Waals surface area contributed by atoms with E-state index in [2.05, 4.69) is 26.1 Å². The molecule has 1 aromatic carbocycles. The summed E-state index contributed by atoms with van der Waals surface area (Å²) >= 11 is 0. The van der Waals surface area contributed by atoms with Crippen LogP contribution in [0.15, 0.2) is 30.5 Å². The normalized spacial score (nSPS) is 20.4. The number of aromatic nitrogens is 2. The van der Waals surface area contributed by atoms with Crippen molar-refractivity contribution in [1.82, 2.24) is 26.1 Å². The number of anilines is 1. The lowest BCUT2D eigenvalue weighted by Crippen LogP contribution is -2.58. The summed E-state index contributed by atoms with van der Waals surface area (Å²) in [4.78, 5) is 53.4. The largest absolute Gasteiger partial charge is 0.349 e. The van der Waals surface area contributed by atoms with Gasteiger partial charge in [0.05, 0.1) is 17.9 Å². The summed E-state index contributed by atoms with van der Waals surface area (Å²) in [5.74, 6) is -1.37. The Hall–Kier alpha value is -3.69. The van der Waals surface area contributed by atoms with Crippen LogP contribution in [0.25, 0.3) is 0 Å². The van der Waals surface area contributed by atoms with Crippen LogP contribution in [0.1, 0.15) is 50.4 Å². The van der Waals surface area contributed by atoms with Gasteiger partial charge in [0.15, 0.2) is 0 Å². The first-order valence-corrected chi connectivity index (χ1v) is 12.1. The van der Waals surface area contributed by atoms with Gasteiger partial charge < -0.3 is 16.0 Å². The number of para-hydroxylation sites is 1. The molecule has 4 amide bonds. The molecule has 1 aromatic heterocycles. The summed E-state index contributed by atoms with van der Waals surface area (Å²) in [6, 6.07) is 5.37. The van der Waals surface area contributed by atoms with Crippen LogP contribution in [0.4, 0.5) is 5.69 Å². The number of rotatable bonds is 8. The number of amides is 4. The van der Waals surface area contributed by atoms with Crippen LogP contribution >= 0.6 is 0 Å². The maximum Gasteiger partial charge on any atom is 0.250 e. The maximum absolute atomic E-state index is 13.8. The van der Waals surface area contributed by atoms with Gasteiger partial charge in [-0.1, -0.05) is 38.5 Å². The molecule has 10 heteroatoms. The molecule has 4 atom stereocenters. The number of nitrogens with zero attached hydrogens (tertiary/aromatic N) is 2. The molecule has 4 rings (SSSR count). The van der Waals surface area contributed by atoms with E-state index in [1.165, 1.54) is 6.92 Å². The Bertz CT molecular complexity index is 1120. The highest BCUT2D eigenvalue weighted by molar-refractivity contribution is 6.08. The quantitative estimate of drug-likeness (QED) is 0.446. The van der Waals surface area contributed by atoms with E-state index in [9.17, 15) is 19.2 Å². The molecule has 4 N–H and O–H groups in total. The molecule has 0 bridgehead atoms. The van der Waals surface area contributed by atoms with Gasteiger partial charge in [-0.15, -0.1) is 0 Å². The van der Waals surface area contributed by atoms with Gasteiger partial charge in [0.2, 0.25) is 23.6 Å². The van der Waals surface area contributed by atoms with Gasteiger partial charge in [-0.05, 0) is 36.0 Å². The number of hydrogen-bond donors (Lipinski definition) is 4. The molecule has 186 valence electrons. The van der Waals surface area contributed by atoms with Crippen LogP contribution < -0.4 is 20.9 Å². The zero-order valence-corrected chi connectivity index (χ0v) is 20.3. The van der Waals surface area contributed by atoms with Crippen molar-refractivity contribution in [2.45, 2.75) is 71.1 Å². The van der Waals surface area contributed by atoms with E-state index in [1.807, 2.05) is 32.0 Å². The predicted molar refractivity (Wildman–Crippen MR) is 129 cm³/mol. The summed E-state index contributed by atoms with van der Waals surface area (Å²) < 4.78 is 0. The maximum atomic E-state index is 13.8. The van der Waals surface area contributed by atoms with Gasteiger partial charge in [-0.25, -0.2) is 0 Å². The molecule has 0 radical (unpaired) electrons. The van der Waals surface area contributed by atoms with Crippen LogP contribution in [0.2, 0.25) is 0 Å². The van der Waals surface area contributed by atoms with Crippen molar-refractivity contribution >= 4 is 29.3 Å². The van der Waals surface area contributed by atoms with Crippen LogP contribution in [-0.4, -0.2) is 52.0 Å². The highest BCUT2D eigenvalue weighted by Gasteiger charge is 2.44. The smallest absolute Gasteiger partial charge is 0.250 e. The Kier molecular flexibility index (Phi) is 7.18. The molecule has 0 unspecified atom stereocenters. The average molecular weight is 481 g/mol. The van der Waals surface area contributed by atoms with E-state index in [1.54, 1.807) is 17.2 Å². The lowest BCUT2D eigenvalue weighted by atomic mass is 9.97. The standard InChI is InChI=1S/C25H32N6O4/c1-4-14(2)21(28-15(3)32)24(34)29-19-9-8-16-6-5-7-17-12-20(31(22(16)17)25(19)35)23(33)26-13-18-10-11-27-30-18/h5-7,10-11,14,19-21H,4,8-9,12-13H2,1-3H3,(H,26,33)(H,27,30)(H,28,32)(H,29,34)/t14-,19-,20-,21-/m0/s1. The molecule has 2 aliphatic heterocycles. The second-order valence-electron chi connectivity index (χ2n) is 9.32. The third-order valence-electron chi connectivity index (χ3n) is 6.89. The van der Waals surface area contributed by atoms with Crippen molar-refractivity contribution in [3.8, 4) is 0 Å². The highest BCUT2D eigenvalue weighted by atomic mass is 16.2. The van der Waals surface area contributed by atoms with Crippen molar-refractivity contribution in [2.75, 3.05) is 4.90 Å². The van der Waals surface area contributed by atoms with Gasteiger partial charge >= 0.3 is 0 Å². The van der Waals surface area contributed by atoms with Crippen molar-refractivity contribution in [3.05, 3.63) is 47.3 Å². The van der Waals surface area contributed by atoms with E-state index in [0.29, 0.717) is 25.7 Å². The fourth-order valence-electron chi connectivity index (χ4n) is 4.84. The van der Waals surface area contributed by atoms with Crippen LogP contribution in [-0.2, 0) is 38.6 Å². The molecule has 0 fully saturated rings. The Labute approximate surface area is 204 Å². The lowest BCUT2D eigenvalue weighted by molar-refractivity contribution is -0.132. The third-order valence-corrected chi connectivity index (χ3v) is 6.89. The molecule has 0 aliphatic carbocycles. The Morgan fingerprint density at radius 2 is 2.00 bits per heavy atom. The second kappa shape index (κ2) is 10.3. The zero-order valence-electron chi connectivity index (χ0n) is 20.3. The molecule has 2 aliphatic rings. The van der Waals surface area contributed by atoms with Crippen LogP contribution in [0.3, 0.4) is 0 Å². The van der Waals surface area contributed by atoms with E-state index in [-0.39, 0.29) is 30.2 Å². The minimum atomic E-state index is -0.802. The molecule has 10 nitrogen and oxygen atoms in total. The SMILES string of the molecule is CC[C@H](C)[C@H](NC(C)=O)C(=O)N[C@H]1CCc2cccc3c2N(C1=O)[C@H](C(=O)NCc1ccn[nH]1)C3. The van der Waals surface area contributed by atoms with Crippen molar-refractivity contribution in [2.24, 2.45) is 5.92 Å². The summed E-state index contributed by atoms with van der Waals surface area (Å²) in [6.07, 6.45) is 3.71. The molecule has 3 heterocycles. The first kappa shape index (κ1) is 24.4. The molecular formula is C25H32N6O4. The molecule has 0 saturated carbocycles. The van der Waals surface area contributed by atoms with E-state index >= 15 is 0 Å². The molecule has 0 saturated heterocycles. The van der Waals surface area contributed by atoms with Gasteiger partial charge in [-0.2, -0.15) is 5.10 Å². The number of benzene rings is 1. The van der Waals surface area contributed by atoms with Crippen molar-refractivity contribution in [1.29, 1.82) is 0 Å². The predicted octanol–water partition coefficient (Wildman–Crippen LogP) is 0.966. The first-order chi connectivity index (χ1) is 16.8. The number of carbonyl (C=O) groups is 4.